The van der Waals surface area contributed by atoms with Crippen LogP contribution in [0.3, 0.4) is 0 Å². The van der Waals surface area contributed by atoms with Crippen molar-refractivity contribution < 1.29 is 19.1 Å². The standard InChI is InChI=1S/C23H36O4/c1-4-6-8-9-10-11-12-18-22(24)26-20-16-13-14-17-21(20)27-23(25)19(3)15-7-5-2/h13-14,16-17,19H,4-12,15,18H2,1-3H3. The van der Waals surface area contributed by atoms with Gasteiger partial charge in [-0.3, -0.25) is 9.59 Å². The molecule has 0 heterocycles. The average molecular weight is 377 g/mol. The van der Waals surface area contributed by atoms with Gasteiger partial charge < -0.3 is 9.47 Å². The highest BCUT2D eigenvalue weighted by Crippen LogP contribution is 2.28. The van der Waals surface area contributed by atoms with Crippen LogP contribution in [0.2, 0.25) is 0 Å². The molecule has 0 bridgehead atoms. The average Bonchev–Trinajstić information content (AvgIpc) is 2.66. The van der Waals surface area contributed by atoms with E-state index in [9.17, 15) is 9.59 Å². The highest BCUT2D eigenvalue weighted by molar-refractivity contribution is 5.77. The third-order valence-electron chi connectivity index (χ3n) is 4.66. The van der Waals surface area contributed by atoms with E-state index in [2.05, 4.69) is 13.8 Å². The first kappa shape index (κ1) is 23.2. The molecule has 0 aliphatic heterocycles. The van der Waals surface area contributed by atoms with Crippen LogP contribution in [-0.4, -0.2) is 11.9 Å². The Morgan fingerprint density at radius 3 is 2.00 bits per heavy atom. The van der Waals surface area contributed by atoms with E-state index in [1.54, 1.807) is 24.3 Å². The Balaban J connectivity index is 2.42. The fourth-order valence-electron chi connectivity index (χ4n) is 2.86. The lowest BCUT2D eigenvalue weighted by molar-refractivity contribution is -0.140. The fourth-order valence-corrected chi connectivity index (χ4v) is 2.86. The molecule has 0 amide bonds. The van der Waals surface area contributed by atoms with E-state index in [0.29, 0.717) is 17.9 Å². The molecule has 0 saturated heterocycles. The van der Waals surface area contributed by atoms with E-state index in [-0.39, 0.29) is 17.9 Å². The lowest BCUT2D eigenvalue weighted by atomic mass is 10.1. The Labute approximate surface area is 164 Å². The molecule has 0 aliphatic carbocycles. The van der Waals surface area contributed by atoms with Gasteiger partial charge in [0.15, 0.2) is 11.5 Å². The zero-order valence-electron chi connectivity index (χ0n) is 17.3. The van der Waals surface area contributed by atoms with Crippen LogP contribution in [0.4, 0.5) is 0 Å². The Hall–Kier alpha value is -1.84. The van der Waals surface area contributed by atoms with Gasteiger partial charge in [0.1, 0.15) is 0 Å². The molecular weight excluding hydrogens is 340 g/mol. The number of hydrogen-bond donors (Lipinski definition) is 0. The van der Waals surface area contributed by atoms with Gasteiger partial charge in [0.2, 0.25) is 0 Å². The van der Waals surface area contributed by atoms with Crippen molar-refractivity contribution >= 4 is 11.9 Å². The third-order valence-corrected chi connectivity index (χ3v) is 4.66. The Bertz CT molecular complexity index is 553. The molecule has 152 valence electrons. The fraction of sp³-hybridized carbons (Fsp3) is 0.652. The molecule has 1 aromatic carbocycles. The molecule has 0 spiro atoms. The van der Waals surface area contributed by atoms with Gasteiger partial charge in [0, 0.05) is 6.42 Å². The summed E-state index contributed by atoms with van der Waals surface area (Å²) in [5.74, 6) is -0.0771. The predicted molar refractivity (Wildman–Crippen MR) is 109 cm³/mol. The molecule has 0 aromatic heterocycles. The first-order valence-corrected chi connectivity index (χ1v) is 10.6. The van der Waals surface area contributed by atoms with Gasteiger partial charge in [0.25, 0.3) is 0 Å². The van der Waals surface area contributed by atoms with Crippen LogP contribution in [-0.2, 0) is 9.59 Å². The SMILES string of the molecule is CCCCCCCCCC(=O)Oc1ccccc1OC(=O)C(C)CCCC. The summed E-state index contributed by atoms with van der Waals surface area (Å²) in [6, 6.07) is 6.88. The van der Waals surface area contributed by atoms with E-state index in [1.807, 2.05) is 6.92 Å². The van der Waals surface area contributed by atoms with E-state index in [1.165, 1.54) is 25.7 Å². The summed E-state index contributed by atoms with van der Waals surface area (Å²) in [6.45, 7) is 6.17. The van der Waals surface area contributed by atoms with Gasteiger partial charge >= 0.3 is 11.9 Å². The van der Waals surface area contributed by atoms with Crippen molar-refractivity contribution in [2.45, 2.75) is 91.4 Å². The third kappa shape index (κ3) is 10.2. The van der Waals surface area contributed by atoms with E-state index in [0.717, 1.165) is 38.5 Å². The number of unbranched alkanes of at least 4 members (excludes halogenated alkanes) is 7. The Morgan fingerprint density at radius 2 is 1.37 bits per heavy atom. The van der Waals surface area contributed by atoms with Crippen LogP contribution in [0.1, 0.15) is 91.4 Å². The molecule has 1 aromatic rings. The second-order valence-corrected chi connectivity index (χ2v) is 7.26. The predicted octanol–water partition coefficient (Wildman–Crippen LogP) is 6.46. The van der Waals surface area contributed by atoms with Crippen molar-refractivity contribution in [3.05, 3.63) is 24.3 Å². The van der Waals surface area contributed by atoms with Crippen LogP contribution in [0, 0.1) is 5.92 Å². The Morgan fingerprint density at radius 1 is 0.815 bits per heavy atom. The molecular formula is C23H36O4. The number of carbonyl (C=O) groups is 2. The molecule has 0 fully saturated rings. The van der Waals surface area contributed by atoms with Crippen molar-refractivity contribution in [3.63, 3.8) is 0 Å². The van der Waals surface area contributed by atoms with E-state index in [4.69, 9.17) is 9.47 Å². The topological polar surface area (TPSA) is 52.6 Å². The maximum atomic E-state index is 12.2. The minimum Gasteiger partial charge on any atom is -0.423 e. The minimum absolute atomic E-state index is 0.165. The first-order chi connectivity index (χ1) is 13.1. The lowest BCUT2D eigenvalue weighted by Gasteiger charge is -2.13. The van der Waals surface area contributed by atoms with E-state index < -0.39 is 0 Å². The van der Waals surface area contributed by atoms with Crippen LogP contribution in [0.15, 0.2) is 24.3 Å². The van der Waals surface area contributed by atoms with Gasteiger partial charge in [-0.2, -0.15) is 0 Å². The quantitative estimate of drug-likeness (QED) is 0.212. The second kappa shape index (κ2) is 14.2. The molecule has 0 N–H and O–H groups in total. The van der Waals surface area contributed by atoms with Crippen molar-refractivity contribution in [2.24, 2.45) is 5.92 Å². The van der Waals surface area contributed by atoms with Crippen molar-refractivity contribution in [2.75, 3.05) is 0 Å². The van der Waals surface area contributed by atoms with Gasteiger partial charge in [0.05, 0.1) is 5.92 Å². The highest BCUT2D eigenvalue weighted by atomic mass is 16.6. The smallest absolute Gasteiger partial charge is 0.314 e. The number of hydrogen-bond acceptors (Lipinski definition) is 4. The highest BCUT2D eigenvalue weighted by Gasteiger charge is 2.18. The number of carbonyl (C=O) groups excluding carboxylic acids is 2. The number of benzene rings is 1. The minimum atomic E-state index is -0.279. The summed E-state index contributed by atoms with van der Waals surface area (Å²) in [5, 5.41) is 0. The molecule has 4 nitrogen and oxygen atoms in total. The summed E-state index contributed by atoms with van der Waals surface area (Å²) in [6.07, 6.45) is 11.3. The summed E-state index contributed by atoms with van der Waals surface area (Å²) in [5.41, 5.74) is 0. The molecule has 1 rings (SSSR count). The molecule has 0 radical (unpaired) electrons. The number of rotatable bonds is 14. The molecule has 4 heteroatoms. The first-order valence-electron chi connectivity index (χ1n) is 10.6. The van der Waals surface area contributed by atoms with Crippen LogP contribution in [0.5, 0.6) is 11.5 Å². The Kier molecular flexibility index (Phi) is 12.2. The van der Waals surface area contributed by atoms with Crippen LogP contribution < -0.4 is 9.47 Å². The second-order valence-electron chi connectivity index (χ2n) is 7.26. The molecule has 0 saturated carbocycles. The maximum Gasteiger partial charge on any atom is 0.314 e. The van der Waals surface area contributed by atoms with Crippen molar-refractivity contribution in [3.8, 4) is 11.5 Å². The van der Waals surface area contributed by atoms with Crippen LogP contribution >= 0.6 is 0 Å². The number of ether oxygens (including phenoxy) is 2. The summed E-state index contributed by atoms with van der Waals surface area (Å²) >= 11 is 0. The van der Waals surface area contributed by atoms with Gasteiger partial charge in [-0.1, -0.05) is 84.3 Å². The van der Waals surface area contributed by atoms with Crippen molar-refractivity contribution in [1.29, 1.82) is 0 Å². The largest absolute Gasteiger partial charge is 0.423 e. The molecule has 27 heavy (non-hydrogen) atoms. The summed E-state index contributed by atoms with van der Waals surface area (Å²) < 4.78 is 10.9. The summed E-state index contributed by atoms with van der Waals surface area (Å²) in [4.78, 5) is 24.3. The van der Waals surface area contributed by atoms with Crippen molar-refractivity contribution in [1.82, 2.24) is 0 Å². The maximum absolute atomic E-state index is 12.2. The monoisotopic (exact) mass is 376 g/mol. The van der Waals surface area contributed by atoms with Crippen LogP contribution in [0.25, 0.3) is 0 Å². The normalized spacial score (nSPS) is 11.8. The lowest BCUT2D eigenvalue weighted by Crippen LogP contribution is -2.18. The zero-order valence-corrected chi connectivity index (χ0v) is 17.3. The van der Waals surface area contributed by atoms with E-state index >= 15 is 0 Å². The molecule has 0 aliphatic rings. The zero-order chi connectivity index (χ0) is 19.9. The molecule has 1 unspecified atom stereocenters. The summed E-state index contributed by atoms with van der Waals surface area (Å²) in [7, 11) is 0. The number of para-hydroxylation sites is 2. The van der Waals surface area contributed by atoms with Gasteiger partial charge in [-0.25, -0.2) is 0 Å². The van der Waals surface area contributed by atoms with Gasteiger partial charge in [-0.05, 0) is 25.0 Å². The number of esters is 2. The van der Waals surface area contributed by atoms with Gasteiger partial charge in [-0.15, -0.1) is 0 Å². The molecule has 1 atom stereocenters.